The molecule has 0 saturated carbocycles. The van der Waals surface area contributed by atoms with Crippen molar-refractivity contribution < 1.29 is 18.7 Å². The van der Waals surface area contributed by atoms with E-state index >= 15 is 0 Å². The largest absolute Gasteiger partial charge is 0.386 e. The van der Waals surface area contributed by atoms with Crippen LogP contribution in [0.15, 0.2) is 36.4 Å². The number of aromatic nitrogens is 2. The SMILES string of the molecule is Cc1nc2cc(C(=O)NCC(O)c3c(F)cccc3F)ccc2n1C. The summed E-state index contributed by atoms with van der Waals surface area (Å²) in [6, 6.07) is 8.37. The number of imidazole rings is 1. The molecule has 130 valence electrons. The van der Waals surface area contributed by atoms with Crippen LogP contribution in [0.2, 0.25) is 0 Å². The van der Waals surface area contributed by atoms with Gasteiger partial charge in [0.05, 0.1) is 16.6 Å². The van der Waals surface area contributed by atoms with Gasteiger partial charge in [-0.15, -0.1) is 0 Å². The molecule has 0 aliphatic heterocycles. The van der Waals surface area contributed by atoms with Crippen molar-refractivity contribution in [3.63, 3.8) is 0 Å². The second-order valence-corrected chi connectivity index (χ2v) is 5.78. The van der Waals surface area contributed by atoms with Crippen molar-refractivity contribution in [1.82, 2.24) is 14.9 Å². The third kappa shape index (κ3) is 3.23. The Kier molecular flexibility index (Phi) is 4.50. The topological polar surface area (TPSA) is 67.2 Å². The molecule has 1 unspecified atom stereocenters. The van der Waals surface area contributed by atoms with Crippen molar-refractivity contribution >= 4 is 16.9 Å². The Bertz CT molecular complexity index is 933. The zero-order valence-corrected chi connectivity index (χ0v) is 13.8. The number of carbonyl (C=O) groups excluding carboxylic acids is 1. The number of hydrogen-bond acceptors (Lipinski definition) is 3. The first-order valence-corrected chi connectivity index (χ1v) is 7.71. The minimum Gasteiger partial charge on any atom is -0.386 e. The summed E-state index contributed by atoms with van der Waals surface area (Å²) in [5.41, 5.74) is 1.46. The highest BCUT2D eigenvalue weighted by Gasteiger charge is 2.19. The van der Waals surface area contributed by atoms with Gasteiger partial charge in [-0.05, 0) is 37.3 Å². The maximum atomic E-state index is 13.6. The van der Waals surface area contributed by atoms with Crippen molar-refractivity contribution in [1.29, 1.82) is 0 Å². The summed E-state index contributed by atoms with van der Waals surface area (Å²) in [7, 11) is 1.88. The lowest BCUT2D eigenvalue weighted by Crippen LogP contribution is -2.29. The van der Waals surface area contributed by atoms with E-state index in [2.05, 4.69) is 10.3 Å². The first kappa shape index (κ1) is 17.0. The molecule has 0 saturated heterocycles. The Morgan fingerprint density at radius 1 is 1.28 bits per heavy atom. The third-order valence-corrected chi connectivity index (χ3v) is 4.16. The zero-order chi connectivity index (χ0) is 18.1. The van der Waals surface area contributed by atoms with E-state index in [0.29, 0.717) is 11.1 Å². The van der Waals surface area contributed by atoms with Crippen molar-refractivity contribution in [2.24, 2.45) is 7.05 Å². The predicted molar refractivity (Wildman–Crippen MR) is 89.1 cm³/mol. The van der Waals surface area contributed by atoms with E-state index in [-0.39, 0.29) is 6.54 Å². The van der Waals surface area contributed by atoms with Crippen LogP contribution in [0.4, 0.5) is 8.78 Å². The maximum Gasteiger partial charge on any atom is 0.251 e. The highest BCUT2D eigenvalue weighted by Crippen LogP contribution is 2.20. The molecule has 0 aliphatic carbocycles. The number of hydrogen-bond donors (Lipinski definition) is 2. The number of amides is 1. The van der Waals surface area contributed by atoms with E-state index in [4.69, 9.17) is 0 Å². The summed E-state index contributed by atoms with van der Waals surface area (Å²) < 4.78 is 29.2. The molecule has 5 nitrogen and oxygen atoms in total. The lowest BCUT2D eigenvalue weighted by molar-refractivity contribution is 0.0911. The number of halogens is 2. The Hall–Kier alpha value is -2.80. The summed E-state index contributed by atoms with van der Waals surface area (Å²) in [5, 5.41) is 12.5. The summed E-state index contributed by atoms with van der Waals surface area (Å²) in [4.78, 5) is 16.6. The van der Waals surface area contributed by atoms with E-state index in [1.165, 1.54) is 6.07 Å². The molecule has 1 atom stereocenters. The van der Waals surface area contributed by atoms with Crippen LogP contribution in [-0.2, 0) is 7.05 Å². The number of fused-ring (bicyclic) bond motifs is 1. The lowest BCUT2D eigenvalue weighted by atomic mass is 10.1. The monoisotopic (exact) mass is 345 g/mol. The number of benzene rings is 2. The number of nitrogens with zero attached hydrogens (tertiary/aromatic N) is 2. The van der Waals surface area contributed by atoms with Crippen LogP contribution < -0.4 is 5.32 Å². The van der Waals surface area contributed by atoms with E-state index in [1.807, 2.05) is 18.5 Å². The maximum absolute atomic E-state index is 13.6. The number of aliphatic hydroxyl groups is 1. The van der Waals surface area contributed by atoms with Crippen LogP contribution in [0.1, 0.15) is 27.8 Å². The molecule has 0 fully saturated rings. The van der Waals surface area contributed by atoms with Gasteiger partial charge in [0.1, 0.15) is 23.6 Å². The average Bonchev–Trinajstić information content (AvgIpc) is 2.86. The fourth-order valence-electron chi connectivity index (χ4n) is 2.68. The van der Waals surface area contributed by atoms with Crippen LogP contribution in [0, 0.1) is 18.6 Å². The average molecular weight is 345 g/mol. The molecule has 1 amide bonds. The summed E-state index contributed by atoms with van der Waals surface area (Å²) in [6.07, 6.45) is -1.48. The third-order valence-electron chi connectivity index (χ3n) is 4.16. The van der Waals surface area contributed by atoms with E-state index in [0.717, 1.165) is 23.5 Å². The fourth-order valence-corrected chi connectivity index (χ4v) is 2.68. The van der Waals surface area contributed by atoms with Crippen molar-refractivity contribution in [2.45, 2.75) is 13.0 Å². The number of nitrogens with one attached hydrogen (secondary N) is 1. The van der Waals surface area contributed by atoms with E-state index in [9.17, 15) is 18.7 Å². The Balaban J connectivity index is 1.74. The number of rotatable bonds is 4. The van der Waals surface area contributed by atoms with Gasteiger partial charge in [0.25, 0.3) is 5.91 Å². The van der Waals surface area contributed by atoms with Crippen LogP contribution >= 0.6 is 0 Å². The number of aryl methyl sites for hydroxylation is 2. The van der Waals surface area contributed by atoms with Gasteiger partial charge in [-0.3, -0.25) is 4.79 Å². The van der Waals surface area contributed by atoms with Crippen LogP contribution in [0.5, 0.6) is 0 Å². The fraction of sp³-hybridized carbons (Fsp3) is 0.222. The number of carbonyl (C=O) groups is 1. The van der Waals surface area contributed by atoms with Gasteiger partial charge in [-0.25, -0.2) is 13.8 Å². The highest BCUT2D eigenvalue weighted by molar-refractivity contribution is 5.97. The lowest BCUT2D eigenvalue weighted by Gasteiger charge is -2.14. The van der Waals surface area contributed by atoms with E-state index < -0.39 is 29.2 Å². The normalized spacial score (nSPS) is 12.4. The number of aliphatic hydroxyl groups excluding tert-OH is 1. The molecule has 25 heavy (non-hydrogen) atoms. The van der Waals surface area contributed by atoms with Crippen LogP contribution in [0.3, 0.4) is 0 Å². The smallest absolute Gasteiger partial charge is 0.251 e. The van der Waals surface area contributed by atoms with E-state index in [1.54, 1.807) is 18.2 Å². The molecule has 0 radical (unpaired) electrons. The first-order chi connectivity index (χ1) is 11.9. The van der Waals surface area contributed by atoms with Crippen LogP contribution in [-0.4, -0.2) is 27.1 Å². The quantitative estimate of drug-likeness (QED) is 0.764. The Morgan fingerprint density at radius 2 is 1.96 bits per heavy atom. The second kappa shape index (κ2) is 6.60. The molecular formula is C18H17F2N3O2. The van der Waals surface area contributed by atoms with Gasteiger partial charge in [-0.1, -0.05) is 6.07 Å². The van der Waals surface area contributed by atoms with Gasteiger partial charge in [0.2, 0.25) is 0 Å². The standard InChI is InChI=1S/C18H17F2N3O2/c1-10-22-14-8-11(6-7-15(14)23(10)2)18(25)21-9-16(24)17-12(19)4-3-5-13(17)20/h3-8,16,24H,9H2,1-2H3,(H,21,25). The summed E-state index contributed by atoms with van der Waals surface area (Å²) >= 11 is 0. The molecular weight excluding hydrogens is 328 g/mol. The predicted octanol–water partition coefficient (Wildman–Crippen LogP) is 2.62. The molecule has 2 N–H and O–H groups in total. The Morgan fingerprint density at radius 3 is 2.64 bits per heavy atom. The molecule has 7 heteroatoms. The van der Waals surface area contributed by atoms with Crippen molar-refractivity contribution in [3.05, 3.63) is 65.0 Å². The molecule has 1 aromatic heterocycles. The zero-order valence-electron chi connectivity index (χ0n) is 13.8. The highest BCUT2D eigenvalue weighted by atomic mass is 19.1. The van der Waals surface area contributed by atoms with Gasteiger partial charge < -0.3 is 15.0 Å². The van der Waals surface area contributed by atoms with Gasteiger partial charge in [0.15, 0.2) is 0 Å². The molecule has 3 rings (SSSR count). The second-order valence-electron chi connectivity index (χ2n) is 5.78. The minimum absolute atomic E-state index is 0.310. The molecule has 0 aliphatic rings. The molecule has 0 spiro atoms. The molecule has 3 aromatic rings. The van der Waals surface area contributed by atoms with Crippen molar-refractivity contribution in [2.75, 3.05) is 6.54 Å². The summed E-state index contributed by atoms with van der Waals surface area (Å²) in [6.45, 7) is 1.55. The van der Waals surface area contributed by atoms with Gasteiger partial charge in [0, 0.05) is 19.2 Å². The minimum atomic E-state index is -1.48. The summed E-state index contributed by atoms with van der Waals surface area (Å²) in [5.74, 6) is -1.35. The molecule has 1 heterocycles. The molecule has 2 aromatic carbocycles. The van der Waals surface area contributed by atoms with Gasteiger partial charge in [-0.2, -0.15) is 0 Å². The van der Waals surface area contributed by atoms with Crippen LogP contribution in [0.25, 0.3) is 11.0 Å². The Labute approximate surface area is 142 Å². The van der Waals surface area contributed by atoms with Crippen molar-refractivity contribution in [3.8, 4) is 0 Å². The van der Waals surface area contributed by atoms with Gasteiger partial charge >= 0.3 is 0 Å². The first-order valence-electron chi connectivity index (χ1n) is 7.71. The molecule has 0 bridgehead atoms.